The number of hydrogen-bond acceptors (Lipinski definition) is 2. The molecule has 88 valence electrons. The van der Waals surface area contributed by atoms with Gasteiger partial charge in [-0.2, -0.15) is 0 Å². The van der Waals surface area contributed by atoms with Crippen LogP contribution in [0.4, 0.5) is 4.39 Å². The van der Waals surface area contributed by atoms with Crippen molar-refractivity contribution in [3.63, 3.8) is 0 Å². The van der Waals surface area contributed by atoms with Crippen LogP contribution in [0.5, 0.6) is 0 Å². The van der Waals surface area contributed by atoms with Gasteiger partial charge in [0, 0.05) is 6.20 Å². The van der Waals surface area contributed by atoms with Gasteiger partial charge in [-0.05, 0) is 47.9 Å². The molecule has 1 heterocycles. The third-order valence-electron chi connectivity index (χ3n) is 2.59. The van der Waals surface area contributed by atoms with Crippen LogP contribution < -0.4 is 0 Å². The minimum atomic E-state index is -0.823. The second-order valence-corrected chi connectivity index (χ2v) is 4.20. The summed E-state index contributed by atoms with van der Waals surface area (Å²) >= 11 is 5.76. The Labute approximate surface area is 104 Å². The van der Waals surface area contributed by atoms with E-state index in [1.54, 1.807) is 25.1 Å². The third-order valence-corrected chi connectivity index (χ3v) is 2.80. The molecule has 1 aromatic carbocycles. The number of rotatable bonds is 2. The molecule has 0 radical (unpaired) electrons. The number of nitrogens with zero attached hydrogens (tertiary/aromatic N) is 1. The van der Waals surface area contributed by atoms with Gasteiger partial charge in [-0.1, -0.05) is 17.7 Å². The Balaban J connectivity index is 2.40. The lowest BCUT2D eigenvalue weighted by atomic mass is 9.98. The van der Waals surface area contributed by atoms with Crippen LogP contribution in [0.15, 0.2) is 36.5 Å². The molecular formula is C13H11ClFNO. The lowest BCUT2D eigenvalue weighted by Gasteiger charge is -2.14. The fourth-order valence-corrected chi connectivity index (χ4v) is 1.90. The summed E-state index contributed by atoms with van der Waals surface area (Å²) in [4.78, 5) is 3.85. The molecule has 0 aliphatic heterocycles. The monoisotopic (exact) mass is 251 g/mol. The van der Waals surface area contributed by atoms with E-state index in [0.29, 0.717) is 21.8 Å². The maximum atomic E-state index is 13.0. The van der Waals surface area contributed by atoms with Crippen molar-refractivity contribution >= 4 is 11.6 Å². The van der Waals surface area contributed by atoms with Gasteiger partial charge in [0.25, 0.3) is 0 Å². The highest BCUT2D eigenvalue weighted by molar-refractivity contribution is 6.29. The highest BCUT2D eigenvalue weighted by Gasteiger charge is 2.13. The molecule has 0 amide bonds. The Kier molecular flexibility index (Phi) is 3.41. The summed E-state index contributed by atoms with van der Waals surface area (Å²) in [6.45, 7) is 1.75. The van der Waals surface area contributed by atoms with Gasteiger partial charge in [0.1, 0.15) is 17.1 Å². The van der Waals surface area contributed by atoms with Gasteiger partial charge in [-0.25, -0.2) is 9.37 Å². The summed E-state index contributed by atoms with van der Waals surface area (Å²) in [6.07, 6.45) is 0.704. The summed E-state index contributed by atoms with van der Waals surface area (Å²) in [5, 5.41) is 10.5. The largest absolute Gasteiger partial charge is 0.384 e. The molecule has 2 rings (SSSR count). The lowest BCUT2D eigenvalue weighted by molar-refractivity contribution is 0.219. The molecule has 0 aliphatic rings. The third kappa shape index (κ3) is 2.62. The van der Waals surface area contributed by atoms with Crippen molar-refractivity contribution in [3.05, 3.63) is 64.2 Å². The standard InChI is InChI=1S/C13H11ClFNO/c1-8-6-10(15)2-3-11(8)13(17)9-4-5-16-12(14)7-9/h2-7,13,17H,1H3. The van der Waals surface area contributed by atoms with Crippen LogP contribution in [0.1, 0.15) is 22.8 Å². The number of pyridine rings is 1. The van der Waals surface area contributed by atoms with E-state index in [0.717, 1.165) is 0 Å². The average Bonchev–Trinajstić information content (AvgIpc) is 2.28. The molecule has 2 nitrogen and oxygen atoms in total. The molecule has 0 fully saturated rings. The molecular weight excluding hydrogens is 241 g/mol. The van der Waals surface area contributed by atoms with E-state index >= 15 is 0 Å². The second kappa shape index (κ2) is 4.82. The molecule has 0 aliphatic carbocycles. The van der Waals surface area contributed by atoms with Gasteiger partial charge in [0.05, 0.1) is 0 Å². The zero-order valence-corrected chi connectivity index (χ0v) is 9.95. The quantitative estimate of drug-likeness (QED) is 0.831. The molecule has 4 heteroatoms. The summed E-state index contributed by atoms with van der Waals surface area (Å²) in [6, 6.07) is 7.56. The first-order valence-electron chi connectivity index (χ1n) is 5.13. The van der Waals surface area contributed by atoms with Crippen LogP contribution in [-0.4, -0.2) is 10.1 Å². The van der Waals surface area contributed by atoms with Crippen molar-refractivity contribution in [2.75, 3.05) is 0 Å². The van der Waals surface area contributed by atoms with E-state index in [1.165, 1.54) is 18.3 Å². The van der Waals surface area contributed by atoms with Crippen LogP contribution in [-0.2, 0) is 0 Å². The van der Waals surface area contributed by atoms with E-state index in [-0.39, 0.29) is 5.82 Å². The molecule has 1 aromatic heterocycles. The van der Waals surface area contributed by atoms with Gasteiger partial charge in [0.15, 0.2) is 0 Å². The first-order chi connectivity index (χ1) is 8.08. The Morgan fingerprint density at radius 1 is 1.29 bits per heavy atom. The zero-order valence-electron chi connectivity index (χ0n) is 9.19. The Hall–Kier alpha value is -1.45. The second-order valence-electron chi connectivity index (χ2n) is 3.82. The topological polar surface area (TPSA) is 33.1 Å². The van der Waals surface area contributed by atoms with Crippen molar-refractivity contribution < 1.29 is 9.50 Å². The maximum Gasteiger partial charge on any atom is 0.129 e. The van der Waals surface area contributed by atoms with Gasteiger partial charge in [0.2, 0.25) is 0 Å². The molecule has 17 heavy (non-hydrogen) atoms. The molecule has 1 unspecified atom stereocenters. The van der Waals surface area contributed by atoms with Crippen LogP contribution >= 0.6 is 11.6 Å². The Morgan fingerprint density at radius 3 is 2.71 bits per heavy atom. The van der Waals surface area contributed by atoms with E-state index in [9.17, 15) is 9.50 Å². The Morgan fingerprint density at radius 2 is 2.06 bits per heavy atom. The summed E-state index contributed by atoms with van der Waals surface area (Å²) in [5.74, 6) is -0.314. The van der Waals surface area contributed by atoms with E-state index in [4.69, 9.17) is 11.6 Å². The van der Waals surface area contributed by atoms with Crippen LogP contribution in [0, 0.1) is 12.7 Å². The van der Waals surface area contributed by atoms with Gasteiger partial charge >= 0.3 is 0 Å². The first kappa shape index (κ1) is 12.0. The number of aromatic nitrogens is 1. The van der Waals surface area contributed by atoms with E-state index < -0.39 is 6.10 Å². The number of hydrogen-bond donors (Lipinski definition) is 1. The molecule has 0 bridgehead atoms. The maximum absolute atomic E-state index is 13.0. The van der Waals surface area contributed by atoms with Crippen molar-refractivity contribution in [3.8, 4) is 0 Å². The van der Waals surface area contributed by atoms with E-state index in [2.05, 4.69) is 4.98 Å². The van der Waals surface area contributed by atoms with Crippen LogP contribution in [0.2, 0.25) is 5.15 Å². The highest BCUT2D eigenvalue weighted by Crippen LogP contribution is 2.26. The molecule has 0 saturated carbocycles. The van der Waals surface area contributed by atoms with Crippen molar-refractivity contribution in [2.45, 2.75) is 13.0 Å². The fraction of sp³-hybridized carbons (Fsp3) is 0.154. The minimum Gasteiger partial charge on any atom is -0.384 e. The fourth-order valence-electron chi connectivity index (χ4n) is 1.71. The normalized spacial score (nSPS) is 12.5. The van der Waals surface area contributed by atoms with Crippen molar-refractivity contribution in [1.29, 1.82) is 0 Å². The van der Waals surface area contributed by atoms with Crippen LogP contribution in [0.3, 0.4) is 0 Å². The van der Waals surface area contributed by atoms with Gasteiger partial charge in [-0.3, -0.25) is 0 Å². The molecule has 1 N–H and O–H groups in total. The Bertz CT molecular complexity index is 545. The lowest BCUT2D eigenvalue weighted by Crippen LogP contribution is -2.02. The molecule has 0 saturated heterocycles. The number of benzene rings is 1. The molecule has 0 spiro atoms. The summed E-state index contributed by atoms with van der Waals surface area (Å²) < 4.78 is 13.0. The highest BCUT2D eigenvalue weighted by atomic mass is 35.5. The van der Waals surface area contributed by atoms with Crippen molar-refractivity contribution in [1.82, 2.24) is 4.98 Å². The molecule has 1 atom stereocenters. The zero-order chi connectivity index (χ0) is 12.4. The summed E-state index contributed by atoms with van der Waals surface area (Å²) in [5.41, 5.74) is 2.00. The number of aliphatic hydroxyl groups excluding tert-OH is 1. The first-order valence-corrected chi connectivity index (χ1v) is 5.51. The molecule has 2 aromatic rings. The van der Waals surface area contributed by atoms with Crippen LogP contribution in [0.25, 0.3) is 0 Å². The SMILES string of the molecule is Cc1cc(F)ccc1C(O)c1ccnc(Cl)c1. The predicted octanol–water partition coefficient (Wildman–Crippen LogP) is 3.26. The smallest absolute Gasteiger partial charge is 0.129 e. The summed E-state index contributed by atoms with van der Waals surface area (Å²) in [7, 11) is 0. The van der Waals surface area contributed by atoms with Crippen molar-refractivity contribution in [2.24, 2.45) is 0 Å². The number of halogens is 2. The van der Waals surface area contributed by atoms with Gasteiger partial charge < -0.3 is 5.11 Å². The predicted molar refractivity (Wildman–Crippen MR) is 64.4 cm³/mol. The van der Waals surface area contributed by atoms with Gasteiger partial charge in [-0.15, -0.1) is 0 Å². The van der Waals surface area contributed by atoms with E-state index in [1.807, 2.05) is 0 Å². The average molecular weight is 252 g/mol. The number of aryl methyl sites for hydroxylation is 1. The number of aliphatic hydroxyl groups is 1. The minimum absolute atomic E-state index is 0.314.